The van der Waals surface area contributed by atoms with Gasteiger partial charge < -0.3 is 0 Å². The van der Waals surface area contributed by atoms with E-state index >= 15 is 0 Å². The van der Waals surface area contributed by atoms with Crippen molar-refractivity contribution >= 4 is 26.0 Å². The molecule has 1 aliphatic carbocycles. The van der Waals surface area contributed by atoms with Crippen LogP contribution in [0.3, 0.4) is 0 Å². The molecule has 0 aromatic heterocycles. The standard InChI is InChI=1S/C14H17BrFNO2S/c1-2-9-17(12-5-3-4-6-12)20(18,19)14-8-7-11(16)10-13(14)15/h2,7-8,10,12H,1,3-6,9H2. The van der Waals surface area contributed by atoms with Crippen LogP contribution < -0.4 is 0 Å². The molecular weight excluding hydrogens is 345 g/mol. The topological polar surface area (TPSA) is 37.4 Å². The fourth-order valence-corrected chi connectivity index (χ4v) is 5.24. The highest BCUT2D eigenvalue weighted by Gasteiger charge is 2.33. The first-order valence-electron chi connectivity index (χ1n) is 6.54. The summed E-state index contributed by atoms with van der Waals surface area (Å²) < 4.78 is 40.4. The first-order valence-corrected chi connectivity index (χ1v) is 8.78. The van der Waals surface area contributed by atoms with E-state index < -0.39 is 15.8 Å². The third kappa shape index (κ3) is 3.13. The molecule has 3 nitrogen and oxygen atoms in total. The Bertz CT molecular complexity index is 597. The Balaban J connectivity index is 2.41. The fraction of sp³-hybridized carbons (Fsp3) is 0.429. The van der Waals surface area contributed by atoms with Crippen LogP contribution in [0.5, 0.6) is 0 Å². The zero-order chi connectivity index (χ0) is 14.8. The van der Waals surface area contributed by atoms with Gasteiger partial charge in [-0.2, -0.15) is 4.31 Å². The van der Waals surface area contributed by atoms with Crippen LogP contribution in [0.4, 0.5) is 4.39 Å². The average molecular weight is 362 g/mol. The van der Waals surface area contributed by atoms with Crippen LogP contribution in [-0.2, 0) is 10.0 Å². The first kappa shape index (κ1) is 15.7. The molecule has 0 N–H and O–H groups in total. The number of sulfonamides is 1. The molecule has 1 aliphatic rings. The second-order valence-corrected chi connectivity index (χ2v) is 7.59. The van der Waals surface area contributed by atoms with Crippen LogP contribution in [0.2, 0.25) is 0 Å². The highest BCUT2D eigenvalue weighted by atomic mass is 79.9. The molecule has 2 rings (SSSR count). The molecule has 0 amide bonds. The van der Waals surface area contributed by atoms with Crippen molar-refractivity contribution in [1.29, 1.82) is 0 Å². The minimum atomic E-state index is -3.65. The van der Waals surface area contributed by atoms with Crippen LogP contribution in [0.1, 0.15) is 25.7 Å². The van der Waals surface area contributed by atoms with Gasteiger partial charge in [0.05, 0.1) is 4.90 Å². The van der Waals surface area contributed by atoms with E-state index in [-0.39, 0.29) is 22.0 Å². The molecule has 6 heteroatoms. The van der Waals surface area contributed by atoms with Gasteiger partial charge in [0.2, 0.25) is 10.0 Å². The average Bonchev–Trinajstić information content (AvgIpc) is 2.88. The number of benzene rings is 1. The summed E-state index contributed by atoms with van der Waals surface area (Å²) in [5, 5.41) is 0. The molecular formula is C14H17BrFNO2S. The molecule has 0 radical (unpaired) electrons. The van der Waals surface area contributed by atoms with Gasteiger partial charge in [0.25, 0.3) is 0 Å². The number of rotatable bonds is 5. The third-order valence-electron chi connectivity index (χ3n) is 3.52. The molecule has 1 saturated carbocycles. The SMILES string of the molecule is C=CCN(C1CCCC1)S(=O)(=O)c1ccc(F)cc1Br. The summed E-state index contributed by atoms with van der Waals surface area (Å²) in [7, 11) is -3.65. The summed E-state index contributed by atoms with van der Waals surface area (Å²) in [5.41, 5.74) is 0. The van der Waals surface area contributed by atoms with E-state index in [1.165, 1.54) is 22.5 Å². The Kier molecular flexibility index (Phi) is 4.99. The molecule has 0 saturated heterocycles. The summed E-state index contributed by atoms with van der Waals surface area (Å²) in [6.07, 6.45) is 5.40. The van der Waals surface area contributed by atoms with Gasteiger partial charge in [0.1, 0.15) is 5.82 Å². The van der Waals surface area contributed by atoms with Crippen LogP contribution in [0.25, 0.3) is 0 Å². The Morgan fingerprint density at radius 2 is 2.05 bits per heavy atom. The molecule has 0 atom stereocenters. The van der Waals surface area contributed by atoms with Crippen LogP contribution >= 0.6 is 15.9 Å². The maximum atomic E-state index is 13.1. The van der Waals surface area contributed by atoms with Crippen LogP contribution in [0.15, 0.2) is 40.2 Å². The molecule has 0 aliphatic heterocycles. The van der Waals surface area contributed by atoms with Crippen molar-refractivity contribution in [1.82, 2.24) is 4.31 Å². The van der Waals surface area contributed by atoms with E-state index in [2.05, 4.69) is 22.5 Å². The lowest BCUT2D eigenvalue weighted by atomic mass is 10.2. The lowest BCUT2D eigenvalue weighted by molar-refractivity contribution is 0.347. The molecule has 0 unspecified atom stereocenters. The first-order chi connectivity index (χ1) is 9.46. The van der Waals surface area contributed by atoms with Crippen LogP contribution in [-0.4, -0.2) is 25.3 Å². The Labute approximate surface area is 127 Å². The lowest BCUT2D eigenvalue weighted by Gasteiger charge is -2.27. The monoisotopic (exact) mass is 361 g/mol. The summed E-state index contributed by atoms with van der Waals surface area (Å²) in [6, 6.07) is 3.65. The second-order valence-electron chi connectivity index (χ2n) is 4.88. The van der Waals surface area contributed by atoms with Crippen molar-refractivity contribution in [3.8, 4) is 0 Å². The number of nitrogens with zero attached hydrogens (tertiary/aromatic N) is 1. The third-order valence-corrected chi connectivity index (χ3v) is 6.42. The lowest BCUT2D eigenvalue weighted by Crippen LogP contribution is -2.39. The molecule has 0 heterocycles. The number of hydrogen-bond donors (Lipinski definition) is 0. The summed E-state index contributed by atoms with van der Waals surface area (Å²) in [5.74, 6) is -0.466. The fourth-order valence-electron chi connectivity index (χ4n) is 2.57. The van der Waals surface area contributed by atoms with E-state index in [1.807, 2.05) is 0 Å². The van der Waals surface area contributed by atoms with Gasteiger partial charge in [0.15, 0.2) is 0 Å². The van der Waals surface area contributed by atoms with E-state index in [0.29, 0.717) is 0 Å². The minimum Gasteiger partial charge on any atom is -0.207 e. The predicted molar refractivity (Wildman–Crippen MR) is 80.4 cm³/mol. The Morgan fingerprint density at radius 3 is 2.60 bits per heavy atom. The van der Waals surface area contributed by atoms with Gasteiger partial charge in [-0.05, 0) is 47.0 Å². The van der Waals surface area contributed by atoms with Gasteiger partial charge in [-0.1, -0.05) is 18.9 Å². The Hall–Kier alpha value is -0.720. The van der Waals surface area contributed by atoms with Crippen LogP contribution in [0, 0.1) is 5.82 Å². The number of halogens is 2. The molecule has 0 spiro atoms. The van der Waals surface area contributed by atoms with Gasteiger partial charge in [-0.3, -0.25) is 0 Å². The number of hydrogen-bond acceptors (Lipinski definition) is 2. The zero-order valence-corrected chi connectivity index (χ0v) is 13.5. The van der Waals surface area contributed by atoms with Gasteiger partial charge in [-0.25, -0.2) is 12.8 Å². The second kappa shape index (κ2) is 6.37. The smallest absolute Gasteiger partial charge is 0.207 e. The maximum Gasteiger partial charge on any atom is 0.244 e. The van der Waals surface area contributed by atoms with Crippen molar-refractivity contribution in [2.45, 2.75) is 36.6 Å². The van der Waals surface area contributed by atoms with E-state index in [1.54, 1.807) is 6.08 Å². The van der Waals surface area contributed by atoms with Crippen molar-refractivity contribution in [2.24, 2.45) is 0 Å². The van der Waals surface area contributed by atoms with Gasteiger partial charge in [-0.15, -0.1) is 6.58 Å². The van der Waals surface area contributed by atoms with E-state index in [0.717, 1.165) is 25.7 Å². The van der Waals surface area contributed by atoms with Gasteiger partial charge in [0, 0.05) is 17.1 Å². The highest BCUT2D eigenvalue weighted by Crippen LogP contribution is 2.31. The van der Waals surface area contributed by atoms with Crippen molar-refractivity contribution in [3.05, 3.63) is 41.1 Å². The molecule has 1 aromatic rings. The van der Waals surface area contributed by atoms with E-state index in [4.69, 9.17) is 0 Å². The summed E-state index contributed by atoms with van der Waals surface area (Å²) in [6.45, 7) is 3.91. The van der Waals surface area contributed by atoms with Gasteiger partial charge >= 0.3 is 0 Å². The molecule has 110 valence electrons. The highest BCUT2D eigenvalue weighted by molar-refractivity contribution is 9.10. The molecule has 20 heavy (non-hydrogen) atoms. The summed E-state index contributed by atoms with van der Waals surface area (Å²) >= 11 is 3.14. The largest absolute Gasteiger partial charge is 0.244 e. The minimum absolute atomic E-state index is 0.00922. The molecule has 1 fully saturated rings. The molecule has 1 aromatic carbocycles. The quantitative estimate of drug-likeness (QED) is 0.749. The van der Waals surface area contributed by atoms with Crippen molar-refractivity contribution < 1.29 is 12.8 Å². The van der Waals surface area contributed by atoms with Crippen molar-refractivity contribution in [3.63, 3.8) is 0 Å². The van der Waals surface area contributed by atoms with E-state index in [9.17, 15) is 12.8 Å². The molecule has 0 bridgehead atoms. The maximum absolute atomic E-state index is 13.1. The predicted octanol–water partition coefficient (Wildman–Crippen LogP) is 3.71. The summed E-state index contributed by atoms with van der Waals surface area (Å²) in [4.78, 5) is 0.104. The normalized spacial score (nSPS) is 16.8. The van der Waals surface area contributed by atoms with Crippen molar-refractivity contribution in [2.75, 3.05) is 6.54 Å². The Morgan fingerprint density at radius 1 is 1.40 bits per heavy atom. The zero-order valence-electron chi connectivity index (χ0n) is 11.1.